The van der Waals surface area contributed by atoms with E-state index >= 15 is 0 Å². The SMILES string of the molecule is NCC1CCCN(c2n[nH]c(-c3cncc(F)c3)n2)C1. The lowest BCUT2D eigenvalue weighted by Gasteiger charge is -2.31. The van der Waals surface area contributed by atoms with Crippen molar-refractivity contribution in [2.24, 2.45) is 11.7 Å². The van der Waals surface area contributed by atoms with Crippen molar-refractivity contribution < 1.29 is 4.39 Å². The van der Waals surface area contributed by atoms with Crippen molar-refractivity contribution in [2.45, 2.75) is 12.8 Å². The topological polar surface area (TPSA) is 83.7 Å². The maximum absolute atomic E-state index is 13.2. The Hall–Kier alpha value is -2.02. The maximum Gasteiger partial charge on any atom is 0.245 e. The molecular weight excluding hydrogens is 259 g/mol. The molecule has 0 saturated carbocycles. The van der Waals surface area contributed by atoms with E-state index in [1.54, 1.807) is 6.20 Å². The Morgan fingerprint density at radius 3 is 3.15 bits per heavy atom. The zero-order valence-electron chi connectivity index (χ0n) is 11.1. The van der Waals surface area contributed by atoms with Gasteiger partial charge in [-0.05, 0) is 31.4 Å². The minimum absolute atomic E-state index is 0.387. The molecule has 0 spiro atoms. The minimum Gasteiger partial charge on any atom is -0.339 e. The van der Waals surface area contributed by atoms with Gasteiger partial charge in [-0.15, -0.1) is 5.10 Å². The number of H-pyrrole nitrogens is 1. The van der Waals surface area contributed by atoms with E-state index in [4.69, 9.17) is 5.73 Å². The highest BCUT2D eigenvalue weighted by molar-refractivity contribution is 5.54. The van der Waals surface area contributed by atoms with Gasteiger partial charge in [0.05, 0.1) is 6.20 Å². The van der Waals surface area contributed by atoms with Crippen LogP contribution in [0.1, 0.15) is 12.8 Å². The first-order chi connectivity index (χ1) is 9.76. The van der Waals surface area contributed by atoms with Gasteiger partial charge in [0.15, 0.2) is 5.82 Å². The molecule has 0 aromatic carbocycles. The van der Waals surface area contributed by atoms with E-state index in [2.05, 4.69) is 25.1 Å². The number of rotatable bonds is 3. The van der Waals surface area contributed by atoms with Gasteiger partial charge in [-0.2, -0.15) is 4.98 Å². The van der Waals surface area contributed by atoms with Gasteiger partial charge in [0, 0.05) is 24.8 Å². The third kappa shape index (κ3) is 2.62. The van der Waals surface area contributed by atoms with Gasteiger partial charge in [0.1, 0.15) is 5.82 Å². The summed E-state index contributed by atoms with van der Waals surface area (Å²) in [6, 6.07) is 1.39. The Labute approximate surface area is 116 Å². The Balaban J connectivity index is 1.80. The van der Waals surface area contributed by atoms with Crippen LogP contribution in [0.25, 0.3) is 11.4 Å². The van der Waals surface area contributed by atoms with Gasteiger partial charge in [-0.3, -0.25) is 10.1 Å². The van der Waals surface area contributed by atoms with Crippen LogP contribution in [0.3, 0.4) is 0 Å². The summed E-state index contributed by atoms with van der Waals surface area (Å²) in [5, 5.41) is 7.05. The van der Waals surface area contributed by atoms with Gasteiger partial charge in [0.25, 0.3) is 0 Å². The van der Waals surface area contributed by atoms with Crippen LogP contribution in [0.5, 0.6) is 0 Å². The third-order valence-corrected chi connectivity index (χ3v) is 3.59. The summed E-state index contributed by atoms with van der Waals surface area (Å²) in [4.78, 5) is 10.4. The van der Waals surface area contributed by atoms with Crippen LogP contribution in [0.4, 0.5) is 10.3 Å². The van der Waals surface area contributed by atoms with Crippen LogP contribution in [0, 0.1) is 11.7 Å². The number of hydrogen-bond acceptors (Lipinski definition) is 5. The molecule has 0 aliphatic carbocycles. The molecule has 2 aromatic rings. The fourth-order valence-electron chi connectivity index (χ4n) is 2.50. The third-order valence-electron chi connectivity index (χ3n) is 3.59. The zero-order chi connectivity index (χ0) is 13.9. The fraction of sp³-hybridized carbons (Fsp3) is 0.462. The first-order valence-electron chi connectivity index (χ1n) is 6.74. The lowest BCUT2D eigenvalue weighted by molar-refractivity contribution is 0.420. The average Bonchev–Trinajstić information content (AvgIpc) is 2.97. The number of nitrogens with zero attached hydrogens (tertiary/aromatic N) is 4. The maximum atomic E-state index is 13.2. The van der Waals surface area contributed by atoms with Crippen LogP contribution in [-0.4, -0.2) is 39.8 Å². The molecule has 0 amide bonds. The van der Waals surface area contributed by atoms with Crippen molar-refractivity contribution in [3.63, 3.8) is 0 Å². The standard InChI is InChI=1S/C13H17FN6/c14-11-4-10(6-16-7-11)12-17-13(19-18-12)20-3-1-2-9(5-15)8-20/h4,6-7,9H,1-3,5,8,15H2,(H,17,18,19). The zero-order valence-corrected chi connectivity index (χ0v) is 11.1. The van der Waals surface area contributed by atoms with E-state index in [0.29, 0.717) is 29.8 Å². The number of aromatic nitrogens is 4. The Morgan fingerprint density at radius 1 is 1.45 bits per heavy atom. The normalized spacial score (nSPS) is 19.3. The predicted octanol–water partition coefficient (Wildman–Crippen LogP) is 1.18. The monoisotopic (exact) mass is 276 g/mol. The largest absolute Gasteiger partial charge is 0.339 e. The molecule has 3 rings (SSSR count). The second-order valence-electron chi connectivity index (χ2n) is 5.07. The summed E-state index contributed by atoms with van der Waals surface area (Å²) in [6.07, 6.45) is 4.97. The van der Waals surface area contributed by atoms with E-state index in [1.807, 2.05) is 0 Å². The number of anilines is 1. The summed E-state index contributed by atoms with van der Waals surface area (Å²) in [6.45, 7) is 2.48. The Bertz CT molecular complexity index is 584. The molecule has 6 nitrogen and oxygen atoms in total. The van der Waals surface area contributed by atoms with Crippen LogP contribution in [-0.2, 0) is 0 Å². The van der Waals surface area contributed by atoms with Crippen molar-refractivity contribution in [3.05, 3.63) is 24.3 Å². The van der Waals surface area contributed by atoms with E-state index in [1.165, 1.54) is 6.07 Å². The molecule has 20 heavy (non-hydrogen) atoms. The van der Waals surface area contributed by atoms with Crippen molar-refractivity contribution in [2.75, 3.05) is 24.5 Å². The fourth-order valence-corrected chi connectivity index (χ4v) is 2.50. The first-order valence-corrected chi connectivity index (χ1v) is 6.74. The molecular formula is C13H17FN6. The second-order valence-corrected chi connectivity index (χ2v) is 5.07. The number of aromatic amines is 1. The summed E-state index contributed by atoms with van der Waals surface area (Å²) < 4.78 is 13.2. The van der Waals surface area contributed by atoms with Gasteiger partial charge in [-0.25, -0.2) is 4.39 Å². The van der Waals surface area contributed by atoms with Crippen molar-refractivity contribution in [3.8, 4) is 11.4 Å². The van der Waals surface area contributed by atoms with Gasteiger partial charge >= 0.3 is 0 Å². The number of piperidine rings is 1. The number of hydrogen-bond donors (Lipinski definition) is 2. The van der Waals surface area contributed by atoms with Crippen LogP contribution >= 0.6 is 0 Å². The van der Waals surface area contributed by atoms with Crippen molar-refractivity contribution >= 4 is 5.95 Å². The first kappa shape index (κ1) is 13.0. The highest BCUT2D eigenvalue weighted by Gasteiger charge is 2.22. The number of halogens is 1. The minimum atomic E-state index is -0.387. The molecule has 3 N–H and O–H groups in total. The molecule has 1 atom stereocenters. The predicted molar refractivity (Wildman–Crippen MR) is 73.6 cm³/mol. The molecule has 3 heterocycles. The second kappa shape index (κ2) is 5.54. The molecule has 0 radical (unpaired) electrons. The number of pyridine rings is 1. The van der Waals surface area contributed by atoms with Gasteiger partial charge < -0.3 is 10.6 Å². The van der Waals surface area contributed by atoms with Crippen molar-refractivity contribution in [1.29, 1.82) is 0 Å². The van der Waals surface area contributed by atoms with Crippen LogP contribution < -0.4 is 10.6 Å². The summed E-state index contributed by atoms with van der Waals surface area (Å²) >= 11 is 0. The summed E-state index contributed by atoms with van der Waals surface area (Å²) in [5.74, 6) is 1.27. The highest BCUT2D eigenvalue weighted by atomic mass is 19.1. The lowest BCUT2D eigenvalue weighted by atomic mass is 9.99. The molecule has 2 aromatic heterocycles. The quantitative estimate of drug-likeness (QED) is 0.879. The summed E-state index contributed by atoms with van der Waals surface area (Å²) in [5.41, 5.74) is 6.32. The van der Waals surface area contributed by atoms with E-state index < -0.39 is 0 Å². The number of nitrogens with one attached hydrogen (secondary N) is 1. The molecule has 1 aliphatic heterocycles. The molecule has 7 heteroatoms. The Morgan fingerprint density at radius 2 is 2.35 bits per heavy atom. The highest BCUT2D eigenvalue weighted by Crippen LogP contribution is 2.22. The Kier molecular flexibility index (Phi) is 3.60. The van der Waals surface area contributed by atoms with Crippen LogP contribution in [0.2, 0.25) is 0 Å². The molecule has 1 fully saturated rings. The molecule has 106 valence electrons. The number of nitrogens with two attached hydrogens (primary N) is 1. The smallest absolute Gasteiger partial charge is 0.245 e. The molecule has 1 aliphatic rings. The lowest BCUT2D eigenvalue weighted by Crippen LogP contribution is -2.38. The molecule has 0 bridgehead atoms. The van der Waals surface area contributed by atoms with E-state index in [-0.39, 0.29) is 5.82 Å². The summed E-state index contributed by atoms with van der Waals surface area (Å²) in [7, 11) is 0. The van der Waals surface area contributed by atoms with Gasteiger partial charge in [-0.1, -0.05) is 0 Å². The van der Waals surface area contributed by atoms with E-state index in [9.17, 15) is 4.39 Å². The van der Waals surface area contributed by atoms with Gasteiger partial charge in [0.2, 0.25) is 5.95 Å². The molecule has 1 saturated heterocycles. The van der Waals surface area contributed by atoms with Crippen molar-refractivity contribution in [1.82, 2.24) is 20.2 Å². The molecule has 1 unspecified atom stereocenters. The average molecular weight is 276 g/mol. The van der Waals surface area contributed by atoms with E-state index in [0.717, 1.165) is 32.1 Å². The van der Waals surface area contributed by atoms with Crippen LogP contribution in [0.15, 0.2) is 18.5 Å².